The number of anilines is 3. The monoisotopic (exact) mass is 630 g/mol. The molecule has 2 heterocycles. The first-order valence-electron chi connectivity index (χ1n) is 14.1. The first-order valence-corrected chi connectivity index (χ1v) is 14.1. The van der Waals surface area contributed by atoms with Crippen molar-refractivity contribution in [3.63, 3.8) is 0 Å². The minimum atomic E-state index is -0.889. The van der Waals surface area contributed by atoms with Crippen molar-refractivity contribution in [3.05, 3.63) is 53.9 Å². The molecule has 45 heavy (non-hydrogen) atoms. The van der Waals surface area contributed by atoms with Crippen molar-refractivity contribution >= 4 is 29.3 Å². The van der Waals surface area contributed by atoms with E-state index in [1.54, 1.807) is 7.11 Å². The molecule has 0 atom stereocenters. The maximum atomic E-state index is 14.6. The molecule has 14 heteroatoms. The number of aromatic nitrogens is 2. The number of ether oxygens (including phenoxy) is 6. The van der Waals surface area contributed by atoms with Crippen molar-refractivity contribution in [2.45, 2.75) is 33.3 Å². The number of benzene rings is 2. The number of piperidine rings is 1. The first-order chi connectivity index (χ1) is 21.6. The summed E-state index contributed by atoms with van der Waals surface area (Å²) in [7, 11) is 4.11. The quantitative estimate of drug-likeness (QED) is 0.260. The number of esters is 2. The molecule has 0 bridgehead atoms. The number of hydrogen-bond donors (Lipinski definition) is 1. The highest BCUT2D eigenvalue weighted by Crippen LogP contribution is 2.39. The lowest BCUT2D eigenvalue weighted by Gasteiger charge is -2.42. The molecule has 2 aromatic carbocycles. The molecule has 1 aliphatic rings. The van der Waals surface area contributed by atoms with Gasteiger partial charge >= 0.3 is 11.9 Å². The lowest BCUT2D eigenvalue weighted by atomic mass is 9.79. The van der Waals surface area contributed by atoms with E-state index < -0.39 is 23.7 Å². The van der Waals surface area contributed by atoms with Crippen molar-refractivity contribution in [1.29, 1.82) is 0 Å². The summed E-state index contributed by atoms with van der Waals surface area (Å²) in [6.07, 6.45) is 4.03. The van der Waals surface area contributed by atoms with Gasteiger partial charge in [0.15, 0.2) is 28.9 Å². The fourth-order valence-corrected chi connectivity index (χ4v) is 4.88. The molecule has 4 rings (SSSR count). The van der Waals surface area contributed by atoms with Gasteiger partial charge in [-0.1, -0.05) is 0 Å². The summed E-state index contributed by atoms with van der Waals surface area (Å²) in [6, 6.07) is 6.70. The number of methoxy groups -OCH3 is 3. The third-order valence-corrected chi connectivity index (χ3v) is 7.44. The van der Waals surface area contributed by atoms with Crippen molar-refractivity contribution in [3.8, 4) is 23.0 Å². The summed E-state index contributed by atoms with van der Waals surface area (Å²) < 4.78 is 61.0. The molecule has 242 valence electrons. The minimum absolute atomic E-state index is 0.170. The van der Waals surface area contributed by atoms with Gasteiger partial charge in [0, 0.05) is 50.2 Å². The van der Waals surface area contributed by atoms with Gasteiger partial charge in [0.1, 0.15) is 25.6 Å². The Morgan fingerprint density at radius 1 is 0.867 bits per heavy atom. The lowest BCUT2D eigenvalue weighted by molar-refractivity contribution is -0.152. The maximum absolute atomic E-state index is 14.6. The molecule has 0 radical (unpaired) electrons. The third-order valence-electron chi connectivity index (χ3n) is 7.44. The molecule has 0 unspecified atom stereocenters. The fraction of sp³-hybridized carbons (Fsp3) is 0.419. The largest absolute Gasteiger partial charge is 0.495 e. The van der Waals surface area contributed by atoms with Gasteiger partial charge in [0.2, 0.25) is 5.95 Å². The molecule has 1 aliphatic heterocycles. The second kappa shape index (κ2) is 14.7. The van der Waals surface area contributed by atoms with Gasteiger partial charge in [-0.15, -0.1) is 0 Å². The van der Waals surface area contributed by atoms with Crippen LogP contribution in [0.25, 0.3) is 0 Å². The second-order valence-corrected chi connectivity index (χ2v) is 10.5. The van der Waals surface area contributed by atoms with Crippen LogP contribution >= 0.6 is 0 Å². The zero-order chi connectivity index (χ0) is 32.6. The van der Waals surface area contributed by atoms with Crippen LogP contribution in [0.2, 0.25) is 0 Å². The Hall–Kier alpha value is -4.88. The van der Waals surface area contributed by atoms with Crippen LogP contribution in [0.4, 0.5) is 26.1 Å². The molecule has 0 spiro atoms. The van der Waals surface area contributed by atoms with E-state index in [-0.39, 0.29) is 53.9 Å². The normalized spacial score (nSPS) is 13.9. The zero-order valence-corrected chi connectivity index (χ0v) is 25.8. The highest BCUT2D eigenvalue weighted by molar-refractivity contribution is 5.68. The number of hydrogen-bond acceptors (Lipinski definition) is 12. The Morgan fingerprint density at radius 2 is 1.42 bits per heavy atom. The smallest absolute Gasteiger partial charge is 0.302 e. The molecule has 1 saturated heterocycles. The van der Waals surface area contributed by atoms with E-state index >= 15 is 0 Å². The van der Waals surface area contributed by atoms with Crippen LogP contribution in [0, 0.1) is 17.0 Å². The van der Waals surface area contributed by atoms with Crippen LogP contribution in [-0.2, 0) is 25.7 Å². The second-order valence-electron chi connectivity index (χ2n) is 10.5. The first kappa shape index (κ1) is 33.0. The Bertz CT molecular complexity index is 1450. The van der Waals surface area contributed by atoms with E-state index in [1.165, 1.54) is 40.5 Å². The van der Waals surface area contributed by atoms with Crippen LogP contribution in [0.15, 0.2) is 36.7 Å². The number of nitrogens with zero attached hydrogens (tertiary/aromatic N) is 3. The van der Waals surface area contributed by atoms with Crippen molar-refractivity contribution < 1.29 is 46.8 Å². The molecule has 0 aliphatic carbocycles. The summed E-state index contributed by atoms with van der Waals surface area (Å²) in [4.78, 5) is 33.5. The van der Waals surface area contributed by atoms with E-state index in [2.05, 4.69) is 20.2 Å². The van der Waals surface area contributed by atoms with Gasteiger partial charge in [0.25, 0.3) is 0 Å². The Morgan fingerprint density at radius 3 is 1.93 bits per heavy atom. The number of halogens is 2. The molecule has 0 amide bonds. The van der Waals surface area contributed by atoms with Crippen LogP contribution < -0.4 is 29.2 Å². The molecule has 0 saturated carbocycles. The van der Waals surface area contributed by atoms with Gasteiger partial charge in [0.05, 0.1) is 45.0 Å². The predicted molar refractivity (Wildman–Crippen MR) is 159 cm³/mol. The maximum Gasteiger partial charge on any atom is 0.302 e. The number of rotatable bonds is 13. The van der Waals surface area contributed by atoms with Crippen molar-refractivity contribution in [1.82, 2.24) is 9.97 Å². The SMILES string of the molecule is COc1cc(Nc2ncc(OCc3c(F)c(OC)cc(OC)c3F)cn2)ccc1N1CCC(COC(C)=O)(COC(C)=O)CC1. The minimum Gasteiger partial charge on any atom is -0.495 e. The number of carbonyl (C=O) groups is 2. The average molecular weight is 631 g/mol. The highest BCUT2D eigenvalue weighted by Gasteiger charge is 2.38. The van der Waals surface area contributed by atoms with Crippen LogP contribution in [0.1, 0.15) is 32.3 Å². The summed E-state index contributed by atoms with van der Waals surface area (Å²) in [5.41, 5.74) is 0.718. The topological polar surface area (TPSA) is 131 Å². The predicted octanol–water partition coefficient (Wildman–Crippen LogP) is 4.82. The molecular formula is C31H36F2N4O8. The average Bonchev–Trinajstić information content (AvgIpc) is 3.04. The third kappa shape index (κ3) is 8.19. The molecule has 1 fully saturated rings. The fourth-order valence-electron chi connectivity index (χ4n) is 4.88. The van der Waals surface area contributed by atoms with Crippen molar-refractivity contribution in [2.75, 3.05) is 57.8 Å². The molecular weight excluding hydrogens is 594 g/mol. The van der Waals surface area contributed by atoms with Gasteiger partial charge in [-0.2, -0.15) is 0 Å². The summed E-state index contributed by atoms with van der Waals surface area (Å²) in [5.74, 6) is -1.81. The van der Waals surface area contributed by atoms with Gasteiger partial charge < -0.3 is 38.6 Å². The molecule has 1 aromatic heterocycles. The standard InChI is InChI=1S/C31H36F2N4O8/c1-19(38)44-17-31(18-45-20(2)39)8-10-37(11-9-31)24-7-6-21(12-25(24)40-3)36-30-34-14-22(15-35-30)43-16-23-28(32)26(41-4)13-27(42-5)29(23)33/h6-7,12-15H,8-11,16-18H2,1-5H3,(H,34,35,36). The van der Waals surface area contributed by atoms with Crippen LogP contribution in [0.5, 0.6) is 23.0 Å². The van der Waals surface area contributed by atoms with Crippen molar-refractivity contribution in [2.24, 2.45) is 5.41 Å². The van der Waals surface area contributed by atoms with Gasteiger partial charge in [-0.05, 0) is 25.0 Å². The zero-order valence-electron chi connectivity index (χ0n) is 25.8. The molecule has 12 nitrogen and oxygen atoms in total. The van der Waals surface area contributed by atoms with Crippen LogP contribution in [0.3, 0.4) is 0 Å². The number of nitrogens with one attached hydrogen (secondary N) is 1. The van der Waals surface area contributed by atoms with Gasteiger partial charge in [-0.25, -0.2) is 18.7 Å². The van der Waals surface area contributed by atoms with E-state index in [0.717, 1.165) is 11.8 Å². The summed E-state index contributed by atoms with van der Waals surface area (Å²) in [5, 5.41) is 3.10. The number of carbonyl (C=O) groups excluding carboxylic acids is 2. The summed E-state index contributed by atoms with van der Waals surface area (Å²) in [6.45, 7) is 3.89. The Labute approximate surface area is 259 Å². The lowest BCUT2D eigenvalue weighted by Crippen LogP contribution is -2.45. The Kier molecular flexibility index (Phi) is 10.8. The molecule has 1 N–H and O–H groups in total. The van der Waals surface area contributed by atoms with E-state index in [4.69, 9.17) is 28.4 Å². The summed E-state index contributed by atoms with van der Waals surface area (Å²) >= 11 is 0. The highest BCUT2D eigenvalue weighted by atomic mass is 19.1. The van der Waals surface area contributed by atoms with E-state index in [1.807, 2.05) is 18.2 Å². The van der Waals surface area contributed by atoms with Crippen LogP contribution in [-0.4, -0.2) is 69.5 Å². The Balaban J connectivity index is 1.39. The van der Waals surface area contributed by atoms with Gasteiger partial charge in [-0.3, -0.25) is 9.59 Å². The van der Waals surface area contributed by atoms with E-state index in [0.29, 0.717) is 37.4 Å². The molecule has 3 aromatic rings. The van der Waals surface area contributed by atoms with E-state index in [9.17, 15) is 18.4 Å².